The molecule has 0 bridgehead atoms. The summed E-state index contributed by atoms with van der Waals surface area (Å²) in [7, 11) is 0. The Hall–Kier alpha value is -2.29. The molecular weight excluding hydrogens is 210 g/mol. The van der Waals surface area contributed by atoms with Gasteiger partial charge in [0.15, 0.2) is 0 Å². The minimum absolute atomic E-state index is 0.790. The number of nitrogen functional groups attached to an aromatic ring is 1. The minimum Gasteiger partial charge on any atom is -0.399 e. The Bertz CT molecular complexity index is 605. The van der Waals surface area contributed by atoms with Crippen LogP contribution in [-0.4, -0.2) is 9.97 Å². The number of para-hydroxylation sites is 2. The summed E-state index contributed by atoms with van der Waals surface area (Å²) in [5.74, 6) is 0.982. The van der Waals surface area contributed by atoms with Crippen LogP contribution in [0.3, 0.4) is 0 Å². The molecule has 0 aliphatic rings. The van der Waals surface area contributed by atoms with Crippen LogP contribution in [0.25, 0.3) is 11.0 Å². The molecule has 0 saturated heterocycles. The largest absolute Gasteiger partial charge is 0.399 e. The van der Waals surface area contributed by atoms with Crippen molar-refractivity contribution in [2.24, 2.45) is 0 Å². The van der Waals surface area contributed by atoms with Crippen LogP contribution >= 0.6 is 0 Å². The Labute approximate surface area is 99.3 Å². The van der Waals surface area contributed by atoms with Crippen molar-refractivity contribution in [3.05, 3.63) is 59.9 Å². The topological polar surface area (TPSA) is 54.7 Å². The summed E-state index contributed by atoms with van der Waals surface area (Å²) in [5, 5.41) is 0. The fourth-order valence-corrected chi connectivity index (χ4v) is 1.92. The summed E-state index contributed by atoms with van der Waals surface area (Å²) in [5.41, 5.74) is 9.75. The molecule has 3 rings (SSSR count). The number of nitrogens with zero attached hydrogens (tertiary/aromatic N) is 1. The predicted molar refractivity (Wildman–Crippen MR) is 69.8 cm³/mol. The van der Waals surface area contributed by atoms with Gasteiger partial charge in [0.2, 0.25) is 0 Å². The fourth-order valence-electron chi connectivity index (χ4n) is 1.92. The van der Waals surface area contributed by atoms with E-state index in [1.165, 1.54) is 5.56 Å². The van der Waals surface area contributed by atoms with Gasteiger partial charge in [0.05, 0.1) is 11.0 Å². The molecule has 17 heavy (non-hydrogen) atoms. The highest BCUT2D eigenvalue weighted by molar-refractivity contribution is 5.74. The lowest BCUT2D eigenvalue weighted by Gasteiger charge is -1.98. The Morgan fingerprint density at radius 2 is 1.76 bits per heavy atom. The maximum absolute atomic E-state index is 5.66. The second-order valence-corrected chi connectivity index (χ2v) is 4.12. The summed E-state index contributed by atoms with van der Waals surface area (Å²) in [6, 6.07) is 15.9. The van der Waals surface area contributed by atoms with Crippen molar-refractivity contribution in [1.82, 2.24) is 9.97 Å². The average Bonchev–Trinajstić information content (AvgIpc) is 2.74. The fraction of sp³-hybridized carbons (Fsp3) is 0.0714. The Morgan fingerprint density at radius 1 is 1.00 bits per heavy atom. The molecule has 0 amide bonds. The summed E-state index contributed by atoms with van der Waals surface area (Å²) in [6.07, 6.45) is 0.801. The van der Waals surface area contributed by atoms with E-state index in [1.807, 2.05) is 48.5 Å². The van der Waals surface area contributed by atoms with E-state index in [9.17, 15) is 0 Å². The van der Waals surface area contributed by atoms with Gasteiger partial charge >= 0.3 is 0 Å². The van der Waals surface area contributed by atoms with Gasteiger partial charge in [-0.05, 0) is 29.8 Å². The van der Waals surface area contributed by atoms with Gasteiger partial charge in [-0.2, -0.15) is 0 Å². The number of fused-ring (bicyclic) bond motifs is 1. The number of rotatable bonds is 2. The molecule has 84 valence electrons. The minimum atomic E-state index is 0.790. The summed E-state index contributed by atoms with van der Waals surface area (Å²) >= 11 is 0. The van der Waals surface area contributed by atoms with Crippen LogP contribution in [0.1, 0.15) is 11.4 Å². The third kappa shape index (κ3) is 1.99. The van der Waals surface area contributed by atoms with Crippen molar-refractivity contribution >= 4 is 16.7 Å². The molecule has 2 aromatic carbocycles. The number of imidazole rings is 1. The van der Waals surface area contributed by atoms with Crippen LogP contribution < -0.4 is 5.73 Å². The molecule has 3 heteroatoms. The lowest BCUT2D eigenvalue weighted by molar-refractivity contribution is 1.04. The van der Waals surface area contributed by atoms with Crippen molar-refractivity contribution < 1.29 is 0 Å². The van der Waals surface area contributed by atoms with Gasteiger partial charge in [-0.25, -0.2) is 4.98 Å². The highest BCUT2D eigenvalue weighted by Gasteiger charge is 2.02. The first-order valence-corrected chi connectivity index (χ1v) is 5.59. The SMILES string of the molecule is Nc1ccc(Cc2nc3ccccc3[nH]2)cc1. The zero-order chi connectivity index (χ0) is 11.7. The predicted octanol–water partition coefficient (Wildman–Crippen LogP) is 2.74. The second kappa shape index (κ2) is 3.94. The number of anilines is 1. The maximum Gasteiger partial charge on any atom is 0.111 e. The van der Waals surface area contributed by atoms with E-state index in [2.05, 4.69) is 9.97 Å². The molecule has 0 spiro atoms. The van der Waals surface area contributed by atoms with Gasteiger partial charge in [-0.15, -0.1) is 0 Å². The van der Waals surface area contributed by atoms with Crippen LogP contribution in [0.5, 0.6) is 0 Å². The van der Waals surface area contributed by atoms with E-state index < -0.39 is 0 Å². The maximum atomic E-state index is 5.66. The molecule has 0 fully saturated rings. The lowest BCUT2D eigenvalue weighted by Crippen LogP contribution is -1.91. The number of nitrogens with one attached hydrogen (secondary N) is 1. The standard InChI is InChI=1S/C14H13N3/c15-11-7-5-10(6-8-11)9-14-16-12-3-1-2-4-13(12)17-14/h1-8H,9,15H2,(H,16,17). The third-order valence-corrected chi connectivity index (χ3v) is 2.79. The van der Waals surface area contributed by atoms with Crippen molar-refractivity contribution in [1.29, 1.82) is 0 Å². The molecule has 1 aromatic heterocycles. The number of aromatic nitrogens is 2. The van der Waals surface area contributed by atoms with Gasteiger partial charge < -0.3 is 10.7 Å². The lowest BCUT2D eigenvalue weighted by atomic mass is 10.1. The van der Waals surface area contributed by atoms with Gasteiger partial charge in [0, 0.05) is 12.1 Å². The van der Waals surface area contributed by atoms with E-state index in [4.69, 9.17) is 5.73 Å². The number of H-pyrrole nitrogens is 1. The number of hydrogen-bond acceptors (Lipinski definition) is 2. The van der Waals surface area contributed by atoms with Crippen LogP contribution in [0.15, 0.2) is 48.5 Å². The zero-order valence-corrected chi connectivity index (χ0v) is 9.35. The summed E-state index contributed by atoms with van der Waals surface area (Å²) < 4.78 is 0. The molecular formula is C14H13N3. The highest BCUT2D eigenvalue weighted by Crippen LogP contribution is 2.14. The van der Waals surface area contributed by atoms with Gasteiger partial charge in [-0.3, -0.25) is 0 Å². The zero-order valence-electron chi connectivity index (χ0n) is 9.35. The second-order valence-electron chi connectivity index (χ2n) is 4.12. The van der Waals surface area contributed by atoms with Crippen LogP contribution in [0.2, 0.25) is 0 Å². The smallest absolute Gasteiger partial charge is 0.111 e. The van der Waals surface area contributed by atoms with Gasteiger partial charge in [0.25, 0.3) is 0 Å². The van der Waals surface area contributed by atoms with Crippen molar-refractivity contribution in [2.75, 3.05) is 5.73 Å². The first-order valence-electron chi connectivity index (χ1n) is 5.59. The molecule has 3 aromatic rings. The number of aromatic amines is 1. The Balaban J connectivity index is 1.92. The van der Waals surface area contributed by atoms with E-state index >= 15 is 0 Å². The van der Waals surface area contributed by atoms with E-state index in [1.54, 1.807) is 0 Å². The van der Waals surface area contributed by atoms with Gasteiger partial charge in [0.1, 0.15) is 5.82 Å². The van der Waals surface area contributed by atoms with Crippen LogP contribution in [-0.2, 0) is 6.42 Å². The number of nitrogens with two attached hydrogens (primary N) is 1. The number of hydrogen-bond donors (Lipinski definition) is 2. The van der Waals surface area contributed by atoms with E-state index in [-0.39, 0.29) is 0 Å². The highest BCUT2D eigenvalue weighted by atomic mass is 14.9. The molecule has 3 nitrogen and oxygen atoms in total. The van der Waals surface area contributed by atoms with Crippen LogP contribution in [0, 0.1) is 0 Å². The quantitative estimate of drug-likeness (QED) is 0.656. The van der Waals surface area contributed by atoms with Crippen molar-refractivity contribution in [3.8, 4) is 0 Å². The normalized spacial score (nSPS) is 10.8. The van der Waals surface area contributed by atoms with Crippen molar-refractivity contribution in [2.45, 2.75) is 6.42 Å². The molecule has 0 aliphatic carbocycles. The molecule has 0 aliphatic heterocycles. The summed E-state index contributed by atoms with van der Waals surface area (Å²) in [6.45, 7) is 0. The summed E-state index contributed by atoms with van der Waals surface area (Å²) in [4.78, 5) is 7.86. The molecule has 0 atom stereocenters. The van der Waals surface area contributed by atoms with Gasteiger partial charge in [-0.1, -0.05) is 24.3 Å². The monoisotopic (exact) mass is 223 g/mol. The van der Waals surface area contributed by atoms with E-state index in [0.717, 1.165) is 29.0 Å². The Morgan fingerprint density at radius 3 is 2.53 bits per heavy atom. The molecule has 3 N–H and O–H groups in total. The molecule has 0 unspecified atom stereocenters. The first-order chi connectivity index (χ1) is 8.31. The van der Waals surface area contributed by atoms with Crippen molar-refractivity contribution in [3.63, 3.8) is 0 Å². The average molecular weight is 223 g/mol. The molecule has 0 radical (unpaired) electrons. The van der Waals surface area contributed by atoms with E-state index in [0.29, 0.717) is 0 Å². The third-order valence-electron chi connectivity index (χ3n) is 2.79. The Kier molecular flexibility index (Phi) is 2.29. The molecule has 1 heterocycles. The molecule has 0 saturated carbocycles. The van der Waals surface area contributed by atoms with Crippen LogP contribution in [0.4, 0.5) is 5.69 Å². The first kappa shape index (κ1) is 9.90. The number of benzene rings is 2.